The first-order chi connectivity index (χ1) is 13.1. The van der Waals surface area contributed by atoms with E-state index in [1.165, 1.54) is 0 Å². The highest BCUT2D eigenvalue weighted by Crippen LogP contribution is 2.14. The Morgan fingerprint density at radius 1 is 1.14 bits per heavy atom. The number of nitrogens with zero attached hydrogens (tertiary/aromatic N) is 3. The quantitative estimate of drug-likeness (QED) is 0.227. The van der Waals surface area contributed by atoms with Gasteiger partial charge in [0.2, 0.25) is 0 Å². The predicted molar refractivity (Wildman–Crippen MR) is 124 cm³/mol. The number of halogens is 1. The van der Waals surface area contributed by atoms with Crippen LogP contribution in [0, 0.1) is 5.92 Å². The third-order valence-corrected chi connectivity index (χ3v) is 4.02. The smallest absolute Gasteiger partial charge is 0.191 e. The Hall–Kier alpha value is -1.81. The van der Waals surface area contributed by atoms with Crippen LogP contribution in [-0.2, 0) is 11.3 Å². The van der Waals surface area contributed by atoms with Gasteiger partial charge in [-0.25, -0.2) is 4.68 Å². The molecule has 156 valence electrons. The molecule has 2 aromatic rings. The molecule has 0 spiro atoms. The van der Waals surface area contributed by atoms with E-state index in [1.807, 2.05) is 41.2 Å². The van der Waals surface area contributed by atoms with Crippen LogP contribution < -0.4 is 15.4 Å². The first-order valence-corrected chi connectivity index (χ1v) is 9.33. The minimum Gasteiger partial charge on any atom is -0.497 e. The van der Waals surface area contributed by atoms with Crippen molar-refractivity contribution in [1.82, 2.24) is 20.4 Å². The van der Waals surface area contributed by atoms with E-state index < -0.39 is 0 Å². The molecule has 0 unspecified atom stereocenters. The molecular formula is C20H32IN5O2. The Balaban J connectivity index is 0.00000392. The van der Waals surface area contributed by atoms with E-state index in [4.69, 9.17) is 9.47 Å². The van der Waals surface area contributed by atoms with Crippen LogP contribution in [0.4, 0.5) is 0 Å². The predicted octanol–water partition coefficient (Wildman–Crippen LogP) is 3.23. The van der Waals surface area contributed by atoms with Crippen LogP contribution in [0.3, 0.4) is 0 Å². The fourth-order valence-electron chi connectivity index (χ4n) is 2.39. The molecule has 0 saturated heterocycles. The first kappa shape index (κ1) is 24.2. The minimum atomic E-state index is 0. The minimum absolute atomic E-state index is 0. The lowest BCUT2D eigenvalue weighted by atomic mass is 10.1. The molecule has 0 bridgehead atoms. The summed E-state index contributed by atoms with van der Waals surface area (Å²) < 4.78 is 12.6. The summed E-state index contributed by atoms with van der Waals surface area (Å²) in [5.41, 5.74) is 1.92. The van der Waals surface area contributed by atoms with Crippen LogP contribution in [-0.4, -0.2) is 49.7 Å². The number of hydrogen-bond acceptors (Lipinski definition) is 4. The number of aliphatic imine (C=N–C) groups is 1. The summed E-state index contributed by atoms with van der Waals surface area (Å²) >= 11 is 0. The van der Waals surface area contributed by atoms with Gasteiger partial charge in [-0.05, 0) is 42.7 Å². The van der Waals surface area contributed by atoms with Gasteiger partial charge in [0.15, 0.2) is 5.96 Å². The number of aromatic nitrogens is 2. The molecule has 0 fully saturated rings. The van der Waals surface area contributed by atoms with Gasteiger partial charge >= 0.3 is 0 Å². The van der Waals surface area contributed by atoms with Crippen molar-refractivity contribution in [3.05, 3.63) is 42.2 Å². The summed E-state index contributed by atoms with van der Waals surface area (Å²) in [5, 5.41) is 11.1. The van der Waals surface area contributed by atoms with E-state index in [-0.39, 0.29) is 24.0 Å². The maximum atomic E-state index is 5.60. The molecule has 0 saturated carbocycles. The van der Waals surface area contributed by atoms with Gasteiger partial charge in [0, 0.05) is 26.4 Å². The molecule has 1 aromatic heterocycles. The van der Waals surface area contributed by atoms with Gasteiger partial charge in [-0.3, -0.25) is 4.99 Å². The molecule has 2 N–H and O–H groups in total. The number of methoxy groups -OCH3 is 1. The van der Waals surface area contributed by atoms with Crippen molar-refractivity contribution in [3.63, 3.8) is 0 Å². The summed E-state index contributed by atoms with van der Waals surface area (Å²) in [6.45, 7) is 7.18. The van der Waals surface area contributed by atoms with Gasteiger partial charge in [-0.15, -0.1) is 24.0 Å². The van der Waals surface area contributed by atoms with E-state index in [1.54, 1.807) is 14.2 Å². The van der Waals surface area contributed by atoms with Gasteiger partial charge in [0.05, 0.1) is 31.6 Å². The van der Waals surface area contributed by atoms with Crippen molar-refractivity contribution < 1.29 is 9.47 Å². The molecule has 0 aliphatic rings. The second kappa shape index (κ2) is 13.4. The fourth-order valence-corrected chi connectivity index (χ4v) is 2.39. The third-order valence-electron chi connectivity index (χ3n) is 4.02. The maximum Gasteiger partial charge on any atom is 0.191 e. The van der Waals surface area contributed by atoms with Crippen molar-refractivity contribution in [1.29, 1.82) is 0 Å². The number of benzene rings is 1. The molecule has 0 aliphatic heterocycles. The number of guanidine groups is 1. The fraction of sp³-hybridized carbons (Fsp3) is 0.500. The summed E-state index contributed by atoms with van der Waals surface area (Å²) in [4.78, 5) is 4.22. The number of rotatable bonds is 10. The molecule has 1 heterocycles. The van der Waals surface area contributed by atoms with Crippen molar-refractivity contribution in [2.24, 2.45) is 10.9 Å². The van der Waals surface area contributed by atoms with E-state index in [0.29, 0.717) is 19.1 Å². The number of nitrogens with one attached hydrogen (secondary N) is 2. The summed E-state index contributed by atoms with van der Waals surface area (Å²) in [6, 6.07) is 9.78. The molecule has 28 heavy (non-hydrogen) atoms. The largest absolute Gasteiger partial charge is 0.497 e. The van der Waals surface area contributed by atoms with Gasteiger partial charge in [0.25, 0.3) is 0 Å². The molecule has 0 radical (unpaired) electrons. The van der Waals surface area contributed by atoms with E-state index >= 15 is 0 Å². The van der Waals surface area contributed by atoms with Crippen molar-refractivity contribution in [2.45, 2.75) is 26.8 Å². The Labute approximate surface area is 184 Å². The highest BCUT2D eigenvalue weighted by Gasteiger charge is 2.04. The van der Waals surface area contributed by atoms with Crippen molar-refractivity contribution >= 4 is 29.9 Å². The van der Waals surface area contributed by atoms with Crippen LogP contribution >= 0.6 is 24.0 Å². The Bertz CT molecular complexity index is 701. The first-order valence-electron chi connectivity index (χ1n) is 9.33. The summed E-state index contributed by atoms with van der Waals surface area (Å²) in [6.07, 6.45) is 3.03. The SMILES string of the molecule is CN=C(NCCOCCC(C)C)NCc1ccn(-c2ccc(OC)cc2)n1.I. The molecule has 1 aromatic carbocycles. The van der Waals surface area contributed by atoms with Crippen LogP contribution in [0.5, 0.6) is 5.75 Å². The zero-order valence-electron chi connectivity index (χ0n) is 17.1. The van der Waals surface area contributed by atoms with Crippen molar-refractivity contribution in [3.8, 4) is 11.4 Å². The second-order valence-electron chi connectivity index (χ2n) is 6.60. The highest BCUT2D eigenvalue weighted by molar-refractivity contribution is 14.0. The monoisotopic (exact) mass is 501 g/mol. The maximum absolute atomic E-state index is 5.60. The van der Waals surface area contributed by atoms with Gasteiger partial charge in [-0.2, -0.15) is 5.10 Å². The second-order valence-corrected chi connectivity index (χ2v) is 6.60. The lowest BCUT2D eigenvalue weighted by molar-refractivity contribution is 0.128. The molecule has 0 aliphatic carbocycles. The molecule has 2 rings (SSSR count). The zero-order chi connectivity index (χ0) is 19.5. The van der Waals surface area contributed by atoms with E-state index in [2.05, 4.69) is 34.6 Å². The average Bonchev–Trinajstić information content (AvgIpc) is 3.15. The molecular weight excluding hydrogens is 469 g/mol. The number of hydrogen-bond donors (Lipinski definition) is 2. The highest BCUT2D eigenvalue weighted by atomic mass is 127. The lowest BCUT2D eigenvalue weighted by Gasteiger charge is -2.11. The van der Waals surface area contributed by atoms with Crippen LogP contribution in [0.2, 0.25) is 0 Å². The Morgan fingerprint density at radius 2 is 1.89 bits per heavy atom. The normalized spacial score (nSPS) is 11.2. The van der Waals surface area contributed by atoms with Crippen LogP contribution in [0.25, 0.3) is 5.69 Å². The Morgan fingerprint density at radius 3 is 2.54 bits per heavy atom. The molecule has 8 heteroatoms. The van der Waals surface area contributed by atoms with Crippen LogP contribution in [0.1, 0.15) is 26.0 Å². The third kappa shape index (κ3) is 8.47. The van der Waals surface area contributed by atoms with E-state index in [0.717, 1.165) is 42.7 Å². The summed E-state index contributed by atoms with van der Waals surface area (Å²) in [5.74, 6) is 2.24. The molecule has 0 atom stereocenters. The van der Waals surface area contributed by atoms with Gasteiger partial charge < -0.3 is 20.1 Å². The van der Waals surface area contributed by atoms with Crippen LogP contribution in [0.15, 0.2) is 41.5 Å². The standard InChI is InChI=1S/C20H31N5O2.HI/c1-16(2)10-13-27-14-11-22-20(21-3)23-15-17-9-12-25(24-17)18-5-7-19(26-4)8-6-18;/h5-9,12,16H,10-11,13-15H2,1-4H3,(H2,21,22,23);1H. The number of ether oxygens (including phenoxy) is 2. The van der Waals surface area contributed by atoms with E-state index in [9.17, 15) is 0 Å². The lowest BCUT2D eigenvalue weighted by Crippen LogP contribution is -2.38. The summed E-state index contributed by atoms with van der Waals surface area (Å²) in [7, 11) is 3.41. The topological polar surface area (TPSA) is 72.7 Å². The Kier molecular flexibility index (Phi) is 11.6. The van der Waals surface area contributed by atoms with Gasteiger partial charge in [-0.1, -0.05) is 13.8 Å². The average molecular weight is 501 g/mol. The van der Waals surface area contributed by atoms with Crippen molar-refractivity contribution in [2.75, 3.05) is 33.9 Å². The molecule has 7 nitrogen and oxygen atoms in total. The van der Waals surface area contributed by atoms with Gasteiger partial charge in [0.1, 0.15) is 5.75 Å². The molecule has 0 amide bonds. The zero-order valence-corrected chi connectivity index (χ0v) is 19.5.